The van der Waals surface area contributed by atoms with Gasteiger partial charge in [-0.05, 0) is 42.2 Å². The maximum absolute atomic E-state index is 12.8. The zero-order valence-corrected chi connectivity index (χ0v) is 17.6. The number of carbonyl (C=O) groups is 2. The van der Waals surface area contributed by atoms with E-state index in [1.165, 1.54) is 0 Å². The molecule has 0 aliphatic rings. The molecule has 3 aromatic carbocycles. The fraction of sp³-hybridized carbons (Fsp3) is 0.160. The van der Waals surface area contributed by atoms with Crippen molar-refractivity contribution in [3.8, 4) is 17.2 Å². The molecular formula is C25H22ClN3O2. The zero-order valence-electron chi connectivity index (χ0n) is 16.8. The highest BCUT2D eigenvalue weighted by molar-refractivity contribution is 6.33. The Morgan fingerprint density at radius 1 is 0.935 bits per heavy atom. The van der Waals surface area contributed by atoms with E-state index < -0.39 is 6.04 Å². The van der Waals surface area contributed by atoms with Crippen LogP contribution in [0.1, 0.15) is 22.3 Å². The second-order valence-electron chi connectivity index (χ2n) is 6.98. The van der Waals surface area contributed by atoms with E-state index in [9.17, 15) is 9.59 Å². The van der Waals surface area contributed by atoms with Crippen molar-refractivity contribution in [1.29, 1.82) is 5.26 Å². The quantitative estimate of drug-likeness (QED) is 0.519. The van der Waals surface area contributed by atoms with E-state index >= 15 is 0 Å². The van der Waals surface area contributed by atoms with E-state index in [0.717, 1.165) is 16.7 Å². The van der Waals surface area contributed by atoms with Gasteiger partial charge in [0.2, 0.25) is 5.91 Å². The monoisotopic (exact) mass is 431 g/mol. The summed E-state index contributed by atoms with van der Waals surface area (Å²) in [6.07, 6.45) is 1.04. The lowest BCUT2D eigenvalue weighted by Gasteiger charge is -2.18. The standard InChI is InChI=1S/C25H22ClN3O2/c26-22-9-5-4-8-21(22)19-11-13-20(14-12-19)24(30)29-23(25(31)28-17-16-27)15-10-18-6-2-1-3-7-18/h1-9,11-14,23H,10,15,17H2,(H,28,31)(H,29,30)/t23-/m0/s1. The van der Waals surface area contributed by atoms with Gasteiger partial charge in [0.15, 0.2) is 0 Å². The van der Waals surface area contributed by atoms with Gasteiger partial charge in [0.25, 0.3) is 5.91 Å². The van der Waals surface area contributed by atoms with Crippen LogP contribution in [0.3, 0.4) is 0 Å². The number of hydrogen-bond donors (Lipinski definition) is 2. The summed E-state index contributed by atoms with van der Waals surface area (Å²) in [6.45, 7) is -0.108. The minimum absolute atomic E-state index is 0.108. The van der Waals surface area contributed by atoms with Crippen molar-refractivity contribution < 1.29 is 9.59 Å². The Morgan fingerprint density at radius 3 is 2.29 bits per heavy atom. The number of hydrogen-bond acceptors (Lipinski definition) is 3. The summed E-state index contributed by atoms with van der Waals surface area (Å²) in [5.41, 5.74) is 3.29. The molecule has 5 nitrogen and oxygen atoms in total. The van der Waals surface area contributed by atoms with Gasteiger partial charge in [-0.25, -0.2) is 0 Å². The third-order valence-electron chi connectivity index (χ3n) is 4.86. The molecule has 1 atom stereocenters. The molecule has 0 aliphatic carbocycles. The number of benzene rings is 3. The fourth-order valence-electron chi connectivity index (χ4n) is 3.21. The van der Waals surface area contributed by atoms with Gasteiger partial charge in [0.05, 0.1) is 6.07 Å². The van der Waals surface area contributed by atoms with Crippen LogP contribution >= 0.6 is 11.6 Å². The van der Waals surface area contributed by atoms with Gasteiger partial charge in [0, 0.05) is 16.1 Å². The molecule has 0 spiro atoms. The van der Waals surface area contributed by atoms with Gasteiger partial charge in [-0.2, -0.15) is 5.26 Å². The average Bonchev–Trinajstić information content (AvgIpc) is 2.81. The Labute approximate surface area is 186 Å². The maximum atomic E-state index is 12.8. The van der Waals surface area contributed by atoms with Crippen LogP contribution in [0.5, 0.6) is 0 Å². The number of nitrogens with zero attached hydrogens (tertiary/aromatic N) is 1. The van der Waals surface area contributed by atoms with Crippen LogP contribution < -0.4 is 10.6 Å². The minimum atomic E-state index is -0.746. The summed E-state index contributed by atoms with van der Waals surface area (Å²) >= 11 is 6.25. The van der Waals surface area contributed by atoms with E-state index in [4.69, 9.17) is 16.9 Å². The summed E-state index contributed by atoms with van der Waals surface area (Å²) in [6, 6.07) is 25.4. The van der Waals surface area contributed by atoms with Crippen molar-refractivity contribution in [2.24, 2.45) is 0 Å². The molecule has 6 heteroatoms. The average molecular weight is 432 g/mol. The number of nitrogens with one attached hydrogen (secondary N) is 2. The van der Waals surface area contributed by atoms with Gasteiger partial charge in [0.1, 0.15) is 12.6 Å². The van der Waals surface area contributed by atoms with Gasteiger partial charge in [-0.15, -0.1) is 0 Å². The highest BCUT2D eigenvalue weighted by Crippen LogP contribution is 2.27. The number of carbonyl (C=O) groups excluding carboxylic acids is 2. The lowest BCUT2D eigenvalue weighted by Crippen LogP contribution is -2.47. The third kappa shape index (κ3) is 6.18. The van der Waals surface area contributed by atoms with Gasteiger partial charge in [-0.1, -0.05) is 72.3 Å². The molecule has 2 N–H and O–H groups in total. The first-order valence-corrected chi connectivity index (χ1v) is 10.3. The molecule has 0 aliphatic heterocycles. The van der Waals surface area contributed by atoms with Crippen molar-refractivity contribution in [3.05, 3.63) is 95.0 Å². The third-order valence-corrected chi connectivity index (χ3v) is 5.19. The van der Waals surface area contributed by atoms with Crippen molar-refractivity contribution >= 4 is 23.4 Å². The first-order valence-electron chi connectivity index (χ1n) is 9.93. The van der Waals surface area contributed by atoms with Crippen molar-refractivity contribution in [1.82, 2.24) is 10.6 Å². The largest absolute Gasteiger partial charge is 0.341 e. The van der Waals surface area contributed by atoms with E-state index in [-0.39, 0.29) is 18.4 Å². The zero-order chi connectivity index (χ0) is 22.1. The molecule has 3 aromatic rings. The first kappa shape index (κ1) is 22.1. The summed E-state index contributed by atoms with van der Waals surface area (Å²) in [5.74, 6) is -0.727. The van der Waals surface area contributed by atoms with Gasteiger partial charge in [-0.3, -0.25) is 9.59 Å². The molecule has 0 fully saturated rings. The normalized spacial score (nSPS) is 11.2. The lowest BCUT2D eigenvalue weighted by atomic mass is 10.0. The number of rotatable bonds is 8. The van der Waals surface area contributed by atoms with Crippen molar-refractivity contribution in [2.75, 3.05) is 6.54 Å². The molecule has 156 valence electrons. The summed E-state index contributed by atoms with van der Waals surface area (Å²) in [7, 11) is 0. The highest BCUT2D eigenvalue weighted by Gasteiger charge is 2.21. The van der Waals surface area contributed by atoms with Crippen molar-refractivity contribution in [3.63, 3.8) is 0 Å². The van der Waals surface area contributed by atoms with E-state index in [0.29, 0.717) is 23.4 Å². The maximum Gasteiger partial charge on any atom is 0.251 e. The van der Waals surface area contributed by atoms with Gasteiger partial charge < -0.3 is 10.6 Å². The molecular weight excluding hydrogens is 410 g/mol. The number of amides is 2. The Kier molecular flexibility index (Phi) is 7.80. The fourth-order valence-corrected chi connectivity index (χ4v) is 3.46. The smallest absolute Gasteiger partial charge is 0.251 e. The summed E-state index contributed by atoms with van der Waals surface area (Å²) < 4.78 is 0. The molecule has 3 rings (SSSR count). The Morgan fingerprint density at radius 2 is 1.61 bits per heavy atom. The molecule has 0 saturated carbocycles. The Balaban J connectivity index is 1.70. The molecule has 31 heavy (non-hydrogen) atoms. The van der Waals surface area contributed by atoms with Crippen LogP contribution in [0.15, 0.2) is 78.9 Å². The molecule has 0 radical (unpaired) electrons. The molecule has 0 saturated heterocycles. The number of halogens is 1. The lowest BCUT2D eigenvalue weighted by molar-refractivity contribution is -0.122. The Hall–Kier alpha value is -3.62. The molecule has 0 unspecified atom stereocenters. The summed E-state index contributed by atoms with van der Waals surface area (Å²) in [4.78, 5) is 25.3. The van der Waals surface area contributed by atoms with Crippen LogP contribution in [-0.4, -0.2) is 24.4 Å². The van der Waals surface area contributed by atoms with Gasteiger partial charge >= 0.3 is 0 Å². The molecule has 0 bridgehead atoms. The Bertz CT molecular complexity index is 1080. The van der Waals surface area contributed by atoms with E-state index in [1.54, 1.807) is 12.1 Å². The number of nitriles is 1. The van der Waals surface area contributed by atoms with Crippen LogP contribution in [0.2, 0.25) is 5.02 Å². The predicted octanol–water partition coefficient (Wildman–Crippen LogP) is 4.38. The van der Waals surface area contributed by atoms with Crippen LogP contribution in [0, 0.1) is 11.3 Å². The van der Waals surface area contributed by atoms with Crippen molar-refractivity contribution in [2.45, 2.75) is 18.9 Å². The van der Waals surface area contributed by atoms with E-state index in [2.05, 4.69) is 10.6 Å². The first-order chi connectivity index (χ1) is 15.1. The van der Waals surface area contributed by atoms with E-state index in [1.807, 2.05) is 72.8 Å². The number of aryl methyl sites for hydroxylation is 1. The SMILES string of the molecule is N#CCNC(=O)[C@H](CCc1ccccc1)NC(=O)c1ccc(-c2ccccc2Cl)cc1. The second-order valence-corrected chi connectivity index (χ2v) is 7.39. The summed E-state index contributed by atoms with van der Waals surface area (Å²) in [5, 5.41) is 14.7. The molecule has 2 amide bonds. The van der Waals surface area contributed by atoms with Crippen LogP contribution in [0.25, 0.3) is 11.1 Å². The van der Waals surface area contributed by atoms with Crippen LogP contribution in [-0.2, 0) is 11.2 Å². The minimum Gasteiger partial charge on any atom is -0.341 e. The highest BCUT2D eigenvalue weighted by atomic mass is 35.5. The topological polar surface area (TPSA) is 82.0 Å². The second kappa shape index (κ2) is 11.0. The predicted molar refractivity (Wildman–Crippen MR) is 122 cm³/mol. The molecule has 0 aromatic heterocycles. The molecule has 0 heterocycles. The van der Waals surface area contributed by atoms with Crippen LogP contribution in [0.4, 0.5) is 0 Å².